The van der Waals surface area contributed by atoms with Crippen molar-refractivity contribution in [2.24, 2.45) is 0 Å². The molecule has 2 fully saturated rings. The molecular weight excluding hydrogens is 362 g/mol. The van der Waals surface area contributed by atoms with Gasteiger partial charge < -0.3 is 24.3 Å². The van der Waals surface area contributed by atoms with Crippen LogP contribution in [0, 0.1) is 0 Å². The first-order valence-electron chi connectivity index (χ1n) is 8.08. The van der Waals surface area contributed by atoms with Gasteiger partial charge in [-0.05, 0) is 6.07 Å². The standard InChI is InChI=1S/C16H14ClN5O4/c17-8-1-9-15(21-12(8)7-2-18-6-19-3-7)22-16(20-9)26-11-5-25-13-10(23)4-24-14(11)13/h1-3,6,10-11,13-14,23H,4-5H2,(H,20,21,22)/t10-,11-,13-,14-/m1/s1. The van der Waals surface area contributed by atoms with Gasteiger partial charge in [0.25, 0.3) is 6.01 Å². The number of pyridine rings is 1. The Hall–Kier alpha value is -2.33. The van der Waals surface area contributed by atoms with Crippen LogP contribution in [0.15, 0.2) is 24.8 Å². The number of aromatic amines is 1. The van der Waals surface area contributed by atoms with Crippen LogP contribution in [0.5, 0.6) is 6.01 Å². The number of nitrogens with zero attached hydrogens (tertiary/aromatic N) is 4. The number of fused-ring (bicyclic) bond motifs is 2. The van der Waals surface area contributed by atoms with Gasteiger partial charge in [0.2, 0.25) is 0 Å². The van der Waals surface area contributed by atoms with Crippen molar-refractivity contribution in [3.05, 3.63) is 29.8 Å². The topological polar surface area (TPSA) is 115 Å². The fourth-order valence-corrected chi connectivity index (χ4v) is 3.52. The second-order valence-electron chi connectivity index (χ2n) is 6.18. The van der Waals surface area contributed by atoms with Crippen LogP contribution in [0.4, 0.5) is 0 Å². The number of halogens is 1. The maximum absolute atomic E-state index is 9.80. The van der Waals surface area contributed by atoms with E-state index in [1.165, 1.54) is 6.33 Å². The number of aliphatic hydroxyl groups is 1. The van der Waals surface area contributed by atoms with E-state index >= 15 is 0 Å². The molecule has 0 amide bonds. The van der Waals surface area contributed by atoms with E-state index in [2.05, 4.69) is 24.9 Å². The first kappa shape index (κ1) is 15.9. The van der Waals surface area contributed by atoms with E-state index in [1.807, 2.05) is 0 Å². The Bertz CT molecular complexity index is 952. The summed E-state index contributed by atoms with van der Waals surface area (Å²) in [6.07, 6.45) is 3.06. The lowest BCUT2D eigenvalue weighted by Gasteiger charge is -2.15. The van der Waals surface area contributed by atoms with Gasteiger partial charge in [0.05, 0.1) is 29.4 Å². The van der Waals surface area contributed by atoms with Crippen LogP contribution in [-0.4, -0.2) is 67.7 Å². The van der Waals surface area contributed by atoms with Crippen LogP contribution in [0.25, 0.3) is 22.4 Å². The summed E-state index contributed by atoms with van der Waals surface area (Å²) in [6.45, 7) is 0.569. The molecule has 26 heavy (non-hydrogen) atoms. The van der Waals surface area contributed by atoms with E-state index in [9.17, 15) is 5.11 Å². The van der Waals surface area contributed by atoms with Gasteiger partial charge in [-0.3, -0.25) is 0 Å². The predicted molar refractivity (Wildman–Crippen MR) is 89.8 cm³/mol. The molecule has 134 valence electrons. The highest BCUT2D eigenvalue weighted by Gasteiger charge is 2.48. The van der Waals surface area contributed by atoms with Crippen LogP contribution in [-0.2, 0) is 9.47 Å². The lowest BCUT2D eigenvalue weighted by atomic mass is 10.1. The summed E-state index contributed by atoms with van der Waals surface area (Å²) in [5, 5.41) is 10.3. The third-order valence-corrected chi connectivity index (χ3v) is 4.77. The van der Waals surface area contributed by atoms with Gasteiger partial charge in [-0.25, -0.2) is 15.0 Å². The molecule has 9 nitrogen and oxygen atoms in total. The second-order valence-corrected chi connectivity index (χ2v) is 6.59. The van der Waals surface area contributed by atoms with E-state index in [0.29, 0.717) is 40.1 Å². The summed E-state index contributed by atoms with van der Waals surface area (Å²) in [4.78, 5) is 19.9. The molecule has 2 aliphatic heterocycles. The molecule has 0 aliphatic carbocycles. The number of imidazole rings is 1. The van der Waals surface area contributed by atoms with E-state index in [0.717, 1.165) is 0 Å². The molecule has 0 unspecified atom stereocenters. The van der Waals surface area contributed by atoms with Gasteiger partial charge in [-0.2, -0.15) is 4.98 Å². The number of nitrogens with one attached hydrogen (secondary N) is 1. The average molecular weight is 376 g/mol. The summed E-state index contributed by atoms with van der Waals surface area (Å²) in [6, 6.07) is 2.03. The number of ether oxygens (including phenoxy) is 3. The summed E-state index contributed by atoms with van der Waals surface area (Å²) >= 11 is 6.33. The summed E-state index contributed by atoms with van der Waals surface area (Å²) < 4.78 is 17.0. The molecule has 2 N–H and O–H groups in total. The third-order valence-electron chi connectivity index (χ3n) is 4.48. The first-order valence-corrected chi connectivity index (χ1v) is 8.46. The highest BCUT2D eigenvalue weighted by atomic mass is 35.5. The molecule has 0 spiro atoms. The van der Waals surface area contributed by atoms with Crippen molar-refractivity contribution < 1.29 is 19.3 Å². The van der Waals surface area contributed by atoms with Crippen molar-refractivity contribution in [2.45, 2.75) is 24.4 Å². The van der Waals surface area contributed by atoms with Gasteiger partial charge in [0, 0.05) is 18.0 Å². The van der Waals surface area contributed by atoms with Crippen molar-refractivity contribution in [3.63, 3.8) is 0 Å². The summed E-state index contributed by atoms with van der Waals surface area (Å²) in [7, 11) is 0. The smallest absolute Gasteiger partial charge is 0.296 e. The molecule has 3 aromatic heterocycles. The minimum atomic E-state index is -0.625. The van der Waals surface area contributed by atoms with Crippen LogP contribution in [0.2, 0.25) is 5.02 Å². The minimum Gasteiger partial charge on any atom is -0.456 e. The van der Waals surface area contributed by atoms with Gasteiger partial charge in [-0.1, -0.05) is 11.6 Å². The molecule has 5 heterocycles. The van der Waals surface area contributed by atoms with Crippen molar-refractivity contribution in [3.8, 4) is 17.3 Å². The van der Waals surface area contributed by atoms with Gasteiger partial charge in [0.15, 0.2) is 11.8 Å². The highest BCUT2D eigenvalue weighted by Crippen LogP contribution is 2.31. The predicted octanol–water partition coefficient (Wildman–Crippen LogP) is 0.974. The summed E-state index contributed by atoms with van der Waals surface area (Å²) in [5.41, 5.74) is 2.36. The number of hydrogen-bond acceptors (Lipinski definition) is 8. The fraction of sp³-hybridized carbons (Fsp3) is 0.375. The molecule has 0 radical (unpaired) electrons. The number of aliphatic hydroxyl groups excluding tert-OH is 1. The maximum Gasteiger partial charge on any atom is 0.296 e. The molecule has 4 atom stereocenters. The fourth-order valence-electron chi connectivity index (χ4n) is 3.26. The number of rotatable bonds is 3. The lowest BCUT2D eigenvalue weighted by Crippen LogP contribution is -2.34. The van der Waals surface area contributed by atoms with Gasteiger partial charge in [-0.15, -0.1) is 0 Å². The average Bonchev–Trinajstić information content (AvgIpc) is 3.32. The van der Waals surface area contributed by atoms with Gasteiger partial charge in [0.1, 0.15) is 24.6 Å². The number of H-pyrrole nitrogens is 1. The Balaban J connectivity index is 1.43. The van der Waals surface area contributed by atoms with Crippen LogP contribution < -0.4 is 4.74 Å². The van der Waals surface area contributed by atoms with Crippen molar-refractivity contribution >= 4 is 22.8 Å². The zero-order valence-electron chi connectivity index (χ0n) is 13.4. The third kappa shape index (κ3) is 2.60. The Morgan fingerprint density at radius 1 is 1.15 bits per heavy atom. The number of aromatic nitrogens is 5. The van der Waals surface area contributed by atoms with Gasteiger partial charge >= 0.3 is 0 Å². The molecule has 5 rings (SSSR count). The lowest BCUT2D eigenvalue weighted by molar-refractivity contribution is 0.00706. The first-order chi connectivity index (χ1) is 12.7. The normalized spacial score (nSPS) is 27.8. The molecule has 10 heteroatoms. The van der Waals surface area contributed by atoms with Crippen LogP contribution in [0.1, 0.15) is 0 Å². The monoisotopic (exact) mass is 375 g/mol. The molecule has 0 saturated carbocycles. The van der Waals surface area contributed by atoms with E-state index < -0.39 is 6.10 Å². The van der Waals surface area contributed by atoms with E-state index in [1.54, 1.807) is 18.5 Å². The maximum atomic E-state index is 9.80. The Morgan fingerprint density at radius 3 is 2.81 bits per heavy atom. The van der Waals surface area contributed by atoms with E-state index in [4.69, 9.17) is 25.8 Å². The SMILES string of the molecule is O[C@@H]1CO[C@H]2[C@@H]1OC[C@H]2Oc1nc2nc(-c3cncnc3)c(Cl)cc2[nH]1. The molecule has 2 saturated heterocycles. The molecule has 2 aliphatic rings. The van der Waals surface area contributed by atoms with Crippen molar-refractivity contribution in [1.82, 2.24) is 24.9 Å². The number of hydrogen-bond donors (Lipinski definition) is 2. The van der Waals surface area contributed by atoms with Crippen LogP contribution >= 0.6 is 11.6 Å². The largest absolute Gasteiger partial charge is 0.456 e. The minimum absolute atomic E-state index is 0.245. The Kier molecular flexibility index (Phi) is 3.75. The highest BCUT2D eigenvalue weighted by molar-refractivity contribution is 6.33. The molecular formula is C16H14ClN5O4. The summed E-state index contributed by atoms with van der Waals surface area (Å²) in [5.74, 6) is 0. The second kappa shape index (κ2) is 6.13. The van der Waals surface area contributed by atoms with E-state index in [-0.39, 0.29) is 24.9 Å². The zero-order chi connectivity index (χ0) is 17.7. The molecule has 0 aromatic carbocycles. The van der Waals surface area contributed by atoms with Crippen LogP contribution in [0.3, 0.4) is 0 Å². The molecule has 3 aromatic rings. The Morgan fingerprint density at radius 2 is 1.96 bits per heavy atom. The quantitative estimate of drug-likeness (QED) is 0.696. The Labute approximate surface area is 152 Å². The molecule has 0 bridgehead atoms. The van der Waals surface area contributed by atoms with Crippen molar-refractivity contribution in [2.75, 3.05) is 13.2 Å². The zero-order valence-corrected chi connectivity index (χ0v) is 14.1. The van der Waals surface area contributed by atoms with Crippen molar-refractivity contribution in [1.29, 1.82) is 0 Å².